The van der Waals surface area contributed by atoms with Gasteiger partial charge in [0.1, 0.15) is 5.69 Å². The molecule has 1 aliphatic heterocycles. The van der Waals surface area contributed by atoms with Gasteiger partial charge in [0.2, 0.25) is 5.78 Å². The second-order valence-corrected chi connectivity index (χ2v) is 7.21. The maximum Gasteiger partial charge on any atom is 0.248 e. The Balaban J connectivity index is 1.70. The van der Waals surface area contributed by atoms with Crippen molar-refractivity contribution >= 4 is 17.2 Å². The quantitative estimate of drug-likeness (QED) is 0.528. The predicted octanol–water partition coefficient (Wildman–Crippen LogP) is 4.16. The van der Waals surface area contributed by atoms with Crippen LogP contribution in [0.15, 0.2) is 82.4 Å². The minimum atomic E-state index is -0.334. The molecule has 1 aliphatic rings. The number of benzene rings is 2. The van der Waals surface area contributed by atoms with Crippen LogP contribution in [0, 0.1) is 12.3 Å². The van der Waals surface area contributed by atoms with E-state index in [2.05, 4.69) is 5.10 Å². The van der Waals surface area contributed by atoms with E-state index >= 15 is 0 Å². The Hall–Kier alpha value is -4.06. The number of fused-ring (bicyclic) bond motifs is 1. The van der Waals surface area contributed by atoms with E-state index in [4.69, 9.17) is 14.8 Å². The van der Waals surface area contributed by atoms with Crippen molar-refractivity contribution < 1.29 is 9.21 Å². The zero-order valence-corrected chi connectivity index (χ0v) is 16.3. The van der Waals surface area contributed by atoms with Crippen molar-refractivity contribution in [3.8, 4) is 5.69 Å². The Morgan fingerprint density at radius 2 is 1.93 bits per heavy atom. The molecule has 0 fully saturated rings. The lowest BCUT2D eigenvalue weighted by Crippen LogP contribution is -2.30. The Bertz CT molecular complexity index is 1360. The second kappa shape index (κ2) is 7.08. The van der Waals surface area contributed by atoms with Gasteiger partial charge in [0.25, 0.3) is 0 Å². The molecule has 6 nitrogen and oxygen atoms in total. The molecule has 0 atom stereocenters. The average molecular weight is 394 g/mol. The monoisotopic (exact) mass is 394 g/mol. The Morgan fingerprint density at radius 3 is 2.70 bits per heavy atom. The van der Waals surface area contributed by atoms with Gasteiger partial charge in [-0.15, -0.1) is 0 Å². The molecule has 3 heterocycles. The molecule has 0 saturated heterocycles. The number of carbonyl (C=O) groups is 1. The number of nitrogens with zero attached hydrogens (tertiary/aromatic N) is 3. The van der Waals surface area contributed by atoms with E-state index in [0.717, 1.165) is 22.5 Å². The highest BCUT2D eigenvalue weighted by Gasteiger charge is 2.22. The van der Waals surface area contributed by atoms with Gasteiger partial charge in [0.05, 0.1) is 23.3 Å². The van der Waals surface area contributed by atoms with Crippen LogP contribution in [-0.2, 0) is 6.42 Å². The van der Waals surface area contributed by atoms with Crippen molar-refractivity contribution in [1.29, 1.82) is 5.41 Å². The summed E-state index contributed by atoms with van der Waals surface area (Å²) >= 11 is 0. The highest BCUT2D eigenvalue weighted by Crippen LogP contribution is 2.28. The molecule has 6 heteroatoms. The fourth-order valence-electron chi connectivity index (χ4n) is 3.61. The third-order valence-electron chi connectivity index (χ3n) is 5.10. The average Bonchev–Trinajstić information content (AvgIpc) is 3.43. The normalized spacial score (nSPS) is 12.5. The number of hydrogen-bond acceptors (Lipinski definition) is 5. The number of aliphatic imine (C=N–C) groups is 1. The standard InChI is InChI=1S/C24H18N4O2/c1-15-6-4-8-17(12-15)28-24(25)18(20-13-16-7-2-3-9-19(16)26-20)14-21(27-28)23(29)22-10-5-11-30-22/h2-12,14,25H,13H2,1H3. The number of furan rings is 1. The number of rotatable bonds is 4. The largest absolute Gasteiger partial charge is 0.461 e. The topological polar surface area (TPSA) is 84.2 Å². The number of nitrogens with one attached hydrogen (secondary N) is 1. The van der Waals surface area contributed by atoms with Gasteiger partial charge in [-0.1, -0.05) is 30.3 Å². The molecule has 146 valence electrons. The van der Waals surface area contributed by atoms with E-state index in [1.165, 1.54) is 10.9 Å². The van der Waals surface area contributed by atoms with Crippen LogP contribution in [0.5, 0.6) is 0 Å². The van der Waals surface area contributed by atoms with Crippen LogP contribution in [0.3, 0.4) is 0 Å². The molecule has 0 amide bonds. The van der Waals surface area contributed by atoms with Gasteiger partial charge in [0.15, 0.2) is 11.2 Å². The minimum Gasteiger partial charge on any atom is -0.461 e. The first-order chi connectivity index (χ1) is 14.6. The first-order valence-electron chi connectivity index (χ1n) is 9.60. The fraction of sp³-hybridized carbons (Fsp3) is 0.0833. The van der Waals surface area contributed by atoms with Crippen LogP contribution >= 0.6 is 0 Å². The molecule has 0 saturated carbocycles. The van der Waals surface area contributed by atoms with Crippen molar-refractivity contribution in [1.82, 2.24) is 9.78 Å². The SMILES string of the molecule is Cc1cccc(-n2nc(C(=O)c3ccco3)cc(C3=Nc4ccccc4C3)c2=N)c1. The fourth-order valence-corrected chi connectivity index (χ4v) is 3.61. The molecule has 0 spiro atoms. The van der Waals surface area contributed by atoms with E-state index in [9.17, 15) is 4.79 Å². The van der Waals surface area contributed by atoms with Crippen LogP contribution < -0.4 is 5.49 Å². The Labute approximate surface area is 172 Å². The maximum absolute atomic E-state index is 13.0. The smallest absolute Gasteiger partial charge is 0.248 e. The summed E-state index contributed by atoms with van der Waals surface area (Å²) < 4.78 is 6.77. The molecule has 0 unspecified atom stereocenters. The minimum absolute atomic E-state index is 0.183. The zero-order valence-electron chi connectivity index (χ0n) is 16.3. The third-order valence-corrected chi connectivity index (χ3v) is 5.10. The molecule has 4 aromatic rings. The zero-order chi connectivity index (χ0) is 20.7. The summed E-state index contributed by atoms with van der Waals surface area (Å²) in [7, 11) is 0. The van der Waals surface area contributed by atoms with Crippen molar-refractivity contribution in [2.75, 3.05) is 0 Å². The van der Waals surface area contributed by atoms with Crippen molar-refractivity contribution in [2.45, 2.75) is 13.3 Å². The summed E-state index contributed by atoms with van der Waals surface area (Å²) in [6, 6.07) is 20.5. The van der Waals surface area contributed by atoms with Gasteiger partial charge >= 0.3 is 0 Å². The van der Waals surface area contributed by atoms with E-state index in [1.807, 2.05) is 55.5 Å². The lowest BCUT2D eigenvalue weighted by molar-refractivity contribution is 0.100. The molecule has 2 aromatic carbocycles. The number of aromatic nitrogens is 2. The number of hydrogen-bond donors (Lipinski definition) is 1. The lowest BCUT2D eigenvalue weighted by Gasteiger charge is -2.12. The number of carbonyl (C=O) groups excluding carboxylic acids is 1. The van der Waals surface area contributed by atoms with Gasteiger partial charge in [0, 0.05) is 12.0 Å². The first-order valence-corrected chi connectivity index (χ1v) is 9.60. The Kier molecular flexibility index (Phi) is 4.25. The van der Waals surface area contributed by atoms with E-state index in [-0.39, 0.29) is 22.7 Å². The summed E-state index contributed by atoms with van der Waals surface area (Å²) in [6.07, 6.45) is 2.06. The molecule has 30 heavy (non-hydrogen) atoms. The summed E-state index contributed by atoms with van der Waals surface area (Å²) in [4.78, 5) is 17.7. The number of ketones is 1. The maximum atomic E-state index is 13.0. The van der Waals surface area contributed by atoms with Gasteiger partial charge < -0.3 is 4.42 Å². The van der Waals surface area contributed by atoms with E-state index < -0.39 is 0 Å². The predicted molar refractivity (Wildman–Crippen MR) is 113 cm³/mol. The molecule has 2 aromatic heterocycles. The molecular formula is C24H18N4O2. The molecule has 0 radical (unpaired) electrons. The van der Waals surface area contributed by atoms with Gasteiger partial charge in [-0.05, 0) is 54.4 Å². The molecule has 1 N–H and O–H groups in total. The molecule has 0 aliphatic carbocycles. The summed E-state index contributed by atoms with van der Waals surface area (Å²) in [5, 5.41) is 13.3. The van der Waals surface area contributed by atoms with Gasteiger partial charge in [-0.25, -0.2) is 4.68 Å². The summed E-state index contributed by atoms with van der Waals surface area (Å²) in [6.45, 7) is 1.98. The van der Waals surface area contributed by atoms with Crippen LogP contribution in [0.25, 0.3) is 5.69 Å². The van der Waals surface area contributed by atoms with Crippen molar-refractivity contribution in [2.24, 2.45) is 4.99 Å². The van der Waals surface area contributed by atoms with Gasteiger partial charge in [-0.3, -0.25) is 15.2 Å². The summed E-state index contributed by atoms with van der Waals surface area (Å²) in [5.74, 6) is -0.127. The summed E-state index contributed by atoms with van der Waals surface area (Å²) in [5.41, 5.74) is 5.47. The van der Waals surface area contributed by atoms with Crippen molar-refractivity contribution in [3.63, 3.8) is 0 Å². The number of aryl methyl sites for hydroxylation is 1. The third kappa shape index (κ3) is 3.08. The van der Waals surface area contributed by atoms with E-state index in [1.54, 1.807) is 18.2 Å². The first kappa shape index (κ1) is 18.0. The molecular weight excluding hydrogens is 376 g/mol. The highest BCUT2D eigenvalue weighted by molar-refractivity contribution is 6.10. The van der Waals surface area contributed by atoms with E-state index in [0.29, 0.717) is 17.7 Å². The van der Waals surface area contributed by atoms with Crippen molar-refractivity contribution in [3.05, 3.63) is 107 Å². The van der Waals surface area contributed by atoms with Crippen LogP contribution in [0.4, 0.5) is 5.69 Å². The highest BCUT2D eigenvalue weighted by atomic mass is 16.3. The molecule has 0 bridgehead atoms. The number of para-hydroxylation sites is 1. The molecule has 5 rings (SSSR count). The van der Waals surface area contributed by atoms with Crippen LogP contribution in [0.2, 0.25) is 0 Å². The van der Waals surface area contributed by atoms with Gasteiger partial charge in [-0.2, -0.15) is 5.10 Å². The van der Waals surface area contributed by atoms with Crippen LogP contribution in [0.1, 0.15) is 32.9 Å². The Morgan fingerprint density at radius 1 is 1.07 bits per heavy atom. The van der Waals surface area contributed by atoms with Crippen LogP contribution in [-0.4, -0.2) is 21.3 Å². The lowest BCUT2D eigenvalue weighted by atomic mass is 10.0. The second-order valence-electron chi connectivity index (χ2n) is 7.21.